The van der Waals surface area contributed by atoms with Crippen LogP contribution < -0.4 is 20.2 Å². The Hall–Kier alpha value is -2.66. The van der Waals surface area contributed by atoms with Crippen molar-refractivity contribution < 1.29 is 4.74 Å². The molecule has 2 aliphatic rings. The van der Waals surface area contributed by atoms with Crippen molar-refractivity contribution in [3.63, 3.8) is 0 Å². The number of benzene rings is 4. The van der Waals surface area contributed by atoms with E-state index >= 15 is 0 Å². The minimum absolute atomic E-state index is 0.0867. The first kappa shape index (κ1) is 49.4. The van der Waals surface area contributed by atoms with Gasteiger partial charge >= 0.3 is 0 Å². The van der Waals surface area contributed by atoms with Crippen LogP contribution in [0.2, 0.25) is 0 Å². The molecule has 4 heteroatoms. The Morgan fingerprint density at radius 3 is 1.51 bits per heavy atom. The lowest BCUT2D eigenvalue weighted by Crippen LogP contribution is -2.33. The molecule has 0 unspecified atom stereocenters. The van der Waals surface area contributed by atoms with Gasteiger partial charge in [0.25, 0.3) is 0 Å². The fourth-order valence-corrected chi connectivity index (χ4v) is 18.9. The molecule has 4 aromatic carbocycles. The fourth-order valence-electron chi connectivity index (χ4n) is 10.7. The van der Waals surface area contributed by atoms with Crippen LogP contribution in [0.25, 0.3) is 22.3 Å². The number of hydrogen-bond acceptors (Lipinski definition) is 2. The zero-order valence-corrected chi connectivity index (χ0v) is 43.4. The summed E-state index contributed by atoms with van der Waals surface area (Å²) >= 11 is 0. The van der Waals surface area contributed by atoms with Gasteiger partial charge < -0.3 is 9.64 Å². The number of nitrogens with zero attached hydrogens (tertiary/aromatic N) is 1. The van der Waals surface area contributed by atoms with Crippen molar-refractivity contribution in [2.45, 2.75) is 194 Å². The molecular formula is C57H85NOP2. The molecule has 0 heterocycles. The molecule has 0 amide bonds. The lowest BCUT2D eigenvalue weighted by Gasteiger charge is -2.44. The standard InChI is InChI=1S/C31H49OP.C26H36NP/c1-19(2)23-17-24(20(3)4)28(25(18-23)21(5)6)27-22(7)15-16-26(32-14)29(27)33(30(8,9)10)31(11,12)13;1-27(2)25-19-11-9-17-23(25)24-18-10-12-20-26(24)28(21-13-5-3-6-14-21)22-15-7-4-8-16-22/h15-21H,1-14H3;9-12,17-22H,3-8,13-16H2,1-2H3. The first-order chi connectivity index (χ1) is 28.8. The molecule has 6 rings (SSSR count). The van der Waals surface area contributed by atoms with Crippen LogP contribution in [0.4, 0.5) is 5.69 Å². The number of hydrogen-bond donors (Lipinski definition) is 0. The van der Waals surface area contributed by atoms with E-state index in [0.29, 0.717) is 17.8 Å². The number of ether oxygens (including phenoxy) is 1. The molecule has 0 aliphatic heterocycles. The summed E-state index contributed by atoms with van der Waals surface area (Å²) in [6.07, 6.45) is 14.6. The molecule has 0 radical (unpaired) electrons. The molecule has 0 spiro atoms. The Morgan fingerprint density at radius 1 is 0.590 bits per heavy atom. The molecule has 2 saturated carbocycles. The van der Waals surface area contributed by atoms with Gasteiger partial charge in [0, 0.05) is 30.7 Å². The van der Waals surface area contributed by atoms with Gasteiger partial charge in [0.1, 0.15) is 5.75 Å². The summed E-state index contributed by atoms with van der Waals surface area (Å²) in [6.45, 7) is 30.7. The van der Waals surface area contributed by atoms with Crippen molar-refractivity contribution in [3.05, 3.63) is 95.1 Å². The van der Waals surface area contributed by atoms with E-state index < -0.39 is 7.92 Å². The van der Waals surface area contributed by atoms with Crippen molar-refractivity contribution >= 4 is 32.1 Å². The van der Waals surface area contributed by atoms with Gasteiger partial charge in [-0.1, -0.05) is 198 Å². The SMILES string of the molecule is CN(C)c1ccccc1-c1ccccc1P(C1CCCCC1)C1CCCCC1.COc1ccc(C)c(-c2c(C(C)C)cc(C(C)C)cc2C(C)C)c1P(C(C)(C)C)C(C)(C)C. The molecule has 2 nitrogen and oxygen atoms in total. The van der Waals surface area contributed by atoms with Crippen LogP contribution in [0.1, 0.15) is 187 Å². The summed E-state index contributed by atoms with van der Waals surface area (Å²) in [6, 6.07) is 27.9. The van der Waals surface area contributed by atoms with Gasteiger partial charge in [-0.15, -0.1) is 0 Å². The molecule has 61 heavy (non-hydrogen) atoms. The maximum atomic E-state index is 6.11. The molecule has 0 aromatic heterocycles. The van der Waals surface area contributed by atoms with Crippen molar-refractivity contribution in [1.82, 2.24) is 0 Å². The highest BCUT2D eigenvalue weighted by molar-refractivity contribution is 7.69. The van der Waals surface area contributed by atoms with Gasteiger partial charge in [0.2, 0.25) is 0 Å². The maximum absolute atomic E-state index is 6.11. The summed E-state index contributed by atoms with van der Waals surface area (Å²) in [5.41, 5.74) is 14.8. The third-order valence-corrected chi connectivity index (χ3v) is 20.4. The predicted molar refractivity (Wildman–Crippen MR) is 278 cm³/mol. The third kappa shape index (κ3) is 11.7. The van der Waals surface area contributed by atoms with Crippen LogP contribution in [0, 0.1) is 6.92 Å². The zero-order valence-electron chi connectivity index (χ0n) is 41.6. The Labute approximate surface area is 378 Å². The highest BCUT2D eigenvalue weighted by atomic mass is 31.1. The van der Waals surface area contributed by atoms with E-state index in [1.807, 2.05) is 7.11 Å². The normalized spacial score (nSPS) is 15.8. The molecule has 0 atom stereocenters. The minimum Gasteiger partial charge on any atom is -0.496 e. The Kier molecular flexibility index (Phi) is 17.3. The summed E-state index contributed by atoms with van der Waals surface area (Å²) in [4.78, 5) is 2.27. The number of aryl methyl sites for hydroxylation is 1. The quantitative estimate of drug-likeness (QED) is 0.139. The average Bonchev–Trinajstić information content (AvgIpc) is 3.21. The van der Waals surface area contributed by atoms with E-state index in [0.717, 1.165) is 17.1 Å². The molecule has 2 aliphatic carbocycles. The van der Waals surface area contributed by atoms with Crippen LogP contribution in [0.5, 0.6) is 5.75 Å². The fraction of sp³-hybridized carbons (Fsp3) is 0.579. The smallest absolute Gasteiger partial charge is 0.127 e. The van der Waals surface area contributed by atoms with Crippen molar-refractivity contribution in [2.24, 2.45) is 0 Å². The van der Waals surface area contributed by atoms with E-state index in [4.69, 9.17) is 4.74 Å². The third-order valence-electron chi connectivity index (χ3n) is 13.3. The topological polar surface area (TPSA) is 12.5 Å². The highest BCUT2D eigenvalue weighted by Crippen LogP contribution is 2.62. The average molecular weight is 862 g/mol. The second-order valence-corrected chi connectivity index (χ2v) is 28.0. The van der Waals surface area contributed by atoms with Gasteiger partial charge in [-0.2, -0.15) is 0 Å². The van der Waals surface area contributed by atoms with E-state index in [1.165, 1.54) is 120 Å². The summed E-state index contributed by atoms with van der Waals surface area (Å²) in [7, 11) is 5.56. The lowest BCUT2D eigenvalue weighted by atomic mass is 9.80. The first-order valence-corrected chi connectivity index (χ1v) is 26.9. The van der Waals surface area contributed by atoms with Crippen LogP contribution in [0.3, 0.4) is 0 Å². The predicted octanol–water partition coefficient (Wildman–Crippen LogP) is 16.9. The van der Waals surface area contributed by atoms with E-state index in [-0.39, 0.29) is 18.2 Å². The lowest BCUT2D eigenvalue weighted by molar-refractivity contribution is 0.418. The van der Waals surface area contributed by atoms with E-state index in [9.17, 15) is 0 Å². The molecule has 334 valence electrons. The summed E-state index contributed by atoms with van der Waals surface area (Å²) < 4.78 is 6.11. The van der Waals surface area contributed by atoms with Crippen LogP contribution >= 0.6 is 15.8 Å². The molecule has 0 saturated heterocycles. The Balaban J connectivity index is 0.000000233. The summed E-state index contributed by atoms with van der Waals surface area (Å²) in [5, 5.41) is 3.44. The van der Waals surface area contributed by atoms with E-state index in [2.05, 4.69) is 182 Å². The second kappa shape index (κ2) is 21.3. The first-order valence-electron chi connectivity index (χ1n) is 24.1. The second-order valence-electron chi connectivity index (χ2n) is 21.4. The van der Waals surface area contributed by atoms with Gasteiger partial charge in [0.05, 0.1) is 7.11 Å². The minimum atomic E-state index is -0.534. The Bertz CT molecular complexity index is 1950. The molecular weight excluding hydrogens is 777 g/mol. The van der Waals surface area contributed by atoms with Gasteiger partial charge in [-0.05, 0) is 128 Å². The summed E-state index contributed by atoms with van der Waals surface area (Å²) in [5.74, 6) is 2.46. The van der Waals surface area contributed by atoms with Crippen LogP contribution in [-0.2, 0) is 0 Å². The van der Waals surface area contributed by atoms with Gasteiger partial charge in [0.15, 0.2) is 0 Å². The molecule has 0 N–H and O–H groups in total. The maximum Gasteiger partial charge on any atom is 0.127 e. The highest BCUT2D eigenvalue weighted by Gasteiger charge is 2.40. The van der Waals surface area contributed by atoms with E-state index in [1.54, 1.807) is 5.30 Å². The number of methoxy groups -OCH3 is 1. The molecule has 2 fully saturated rings. The van der Waals surface area contributed by atoms with Gasteiger partial charge in [-0.25, -0.2) is 0 Å². The molecule has 4 aromatic rings. The largest absolute Gasteiger partial charge is 0.496 e. The molecule has 0 bridgehead atoms. The number of para-hydroxylation sites is 1. The van der Waals surface area contributed by atoms with Crippen LogP contribution in [0.15, 0.2) is 72.8 Å². The van der Waals surface area contributed by atoms with Crippen molar-refractivity contribution in [2.75, 3.05) is 26.1 Å². The monoisotopic (exact) mass is 862 g/mol. The number of anilines is 1. The van der Waals surface area contributed by atoms with Crippen molar-refractivity contribution in [1.29, 1.82) is 0 Å². The van der Waals surface area contributed by atoms with Crippen LogP contribution in [-0.4, -0.2) is 42.8 Å². The van der Waals surface area contributed by atoms with Crippen molar-refractivity contribution in [3.8, 4) is 28.0 Å². The Morgan fingerprint density at radius 2 is 1.07 bits per heavy atom. The van der Waals surface area contributed by atoms with Gasteiger partial charge in [-0.3, -0.25) is 0 Å². The number of rotatable bonds is 11. The zero-order chi connectivity index (χ0) is 44.8.